The number of benzene rings is 2. The molecule has 0 aliphatic carbocycles. The molecular formula is C17H14N2O5. The van der Waals surface area contributed by atoms with Gasteiger partial charge in [0.2, 0.25) is 0 Å². The molecule has 2 rings (SSSR count). The van der Waals surface area contributed by atoms with Gasteiger partial charge in [-0.05, 0) is 23.8 Å². The predicted molar refractivity (Wildman–Crippen MR) is 84.5 cm³/mol. The molecule has 2 N–H and O–H groups in total. The molecule has 0 radical (unpaired) electrons. The lowest BCUT2D eigenvalue weighted by Crippen LogP contribution is -2.14. The predicted octanol–water partition coefficient (Wildman–Crippen LogP) is 2.77. The Labute approximate surface area is 138 Å². The van der Waals surface area contributed by atoms with Crippen molar-refractivity contribution in [1.29, 1.82) is 5.26 Å². The average Bonchev–Trinajstić information content (AvgIpc) is 2.59. The summed E-state index contributed by atoms with van der Waals surface area (Å²) in [5, 5.41) is 20.2. The van der Waals surface area contributed by atoms with Crippen LogP contribution in [-0.4, -0.2) is 23.8 Å². The number of hydrogen-bond donors (Lipinski definition) is 2. The molecule has 7 heteroatoms. The van der Waals surface area contributed by atoms with E-state index in [1.807, 2.05) is 36.4 Å². The molecule has 0 unspecified atom stereocenters. The SMILES string of the molecule is N#Cc1cc(NC(=O)OCc2ccccc2)ccc1OCC(=O)O. The Bertz CT molecular complexity index is 768. The fraction of sp³-hybridized carbons (Fsp3) is 0.118. The van der Waals surface area contributed by atoms with E-state index in [0.29, 0.717) is 5.69 Å². The van der Waals surface area contributed by atoms with Crippen LogP contribution >= 0.6 is 0 Å². The van der Waals surface area contributed by atoms with Gasteiger partial charge in [0.15, 0.2) is 6.61 Å². The van der Waals surface area contributed by atoms with Crippen molar-refractivity contribution in [3.8, 4) is 11.8 Å². The quantitative estimate of drug-likeness (QED) is 0.845. The molecule has 0 fully saturated rings. The van der Waals surface area contributed by atoms with Gasteiger partial charge in [0, 0.05) is 5.69 Å². The number of carboxylic acid groups (broad SMARTS) is 1. The highest BCUT2D eigenvalue weighted by atomic mass is 16.5. The van der Waals surface area contributed by atoms with E-state index < -0.39 is 18.7 Å². The number of rotatable bonds is 6. The summed E-state index contributed by atoms with van der Waals surface area (Å²) in [4.78, 5) is 22.3. The molecule has 0 saturated carbocycles. The van der Waals surface area contributed by atoms with E-state index in [0.717, 1.165) is 5.56 Å². The van der Waals surface area contributed by atoms with E-state index in [2.05, 4.69) is 5.32 Å². The number of amides is 1. The van der Waals surface area contributed by atoms with Crippen molar-refractivity contribution in [2.75, 3.05) is 11.9 Å². The number of carboxylic acids is 1. The van der Waals surface area contributed by atoms with E-state index in [4.69, 9.17) is 19.8 Å². The van der Waals surface area contributed by atoms with Crippen molar-refractivity contribution >= 4 is 17.7 Å². The second-order valence-electron chi connectivity index (χ2n) is 4.69. The van der Waals surface area contributed by atoms with E-state index in [1.165, 1.54) is 18.2 Å². The zero-order valence-corrected chi connectivity index (χ0v) is 12.6. The van der Waals surface area contributed by atoms with Crippen LogP contribution in [0.4, 0.5) is 10.5 Å². The highest BCUT2D eigenvalue weighted by Crippen LogP contribution is 2.22. The van der Waals surface area contributed by atoms with Crippen LogP contribution < -0.4 is 10.1 Å². The minimum absolute atomic E-state index is 0.108. The maximum Gasteiger partial charge on any atom is 0.411 e. The Kier molecular flexibility index (Phi) is 5.75. The van der Waals surface area contributed by atoms with Gasteiger partial charge in [0.25, 0.3) is 0 Å². The smallest absolute Gasteiger partial charge is 0.411 e. The number of aliphatic carboxylic acids is 1. The fourth-order valence-electron chi connectivity index (χ4n) is 1.84. The monoisotopic (exact) mass is 326 g/mol. The van der Waals surface area contributed by atoms with Crippen LogP contribution in [-0.2, 0) is 16.1 Å². The molecule has 0 spiro atoms. The number of nitrogens with zero attached hydrogens (tertiary/aromatic N) is 1. The average molecular weight is 326 g/mol. The summed E-state index contributed by atoms with van der Waals surface area (Å²) in [7, 11) is 0. The molecular weight excluding hydrogens is 312 g/mol. The summed E-state index contributed by atoms with van der Waals surface area (Å²) in [6, 6.07) is 15.4. The minimum Gasteiger partial charge on any atom is -0.481 e. The first-order valence-electron chi connectivity index (χ1n) is 6.95. The molecule has 0 aliphatic rings. The lowest BCUT2D eigenvalue weighted by molar-refractivity contribution is -0.139. The maximum atomic E-state index is 11.8. The van der Waals surface area contributed by atoms with E-state index in [9.17, 15) is 9.59 Å². The molecule has 2 aromatic rings. The van der Waals surface area contributed by atoms with Crippen molar-refractivity contribution < 1.29 is 24.2 Å². The molecule has 2 aromatic carbocycles. The minimum atomic E-state index is -1.15. The fourth-order valence-corrected chi connectivity index (χ4v) is 1.84. The second-order valence-corrected chi connectivity index (χ2v) is 4.69. The summed E-state index contributed by atoms with van der Waals surface area (Å²) in [5.74, 6) is -1.02. The largest absolute Gasteiger partial charge is 0.481 e. The Morgan fingerprint density at radius 2 is 1.92 bits per heavy atom. The first-order valence-corrected chi connectivity index (χ1v) is 6.95. The summed E-state index contributed by atoms with van der Waals surface area (Å²) < 4.78 is 10.1. The van der Waals surface area contributed by atoms with Gasteiger partial charge < -0.3 is 14.6 Å². The topological polar surface area (TPSA) is 109 Å². The van der Waals surface area contributed by atoms with Crippen molar-refractivity contribution in [2.24, 2.45) is 0 Å². The Morgan fingerprint density at radius 1 is 1.17 bits per heavy atom. The second kappa shape index (κ2) is 8.19. The third-order valence-corrected chi connectivity index (χ3v) is 2.91. The number of nitrogens with one attached hydrogen (secondary N) is 1. The Balaban J connectivity index is 1.95. The van der Waals surface area contributed by atoms with Crippen LogP contribution in [0.2, 0.25) is 0 Å². The molecule has 1 amide bonds. The van der Waals surface area contributed by atoms with E-state index in [1.54, 1.807) is 0 Å². The highest BCUT2D eigenvalue weighted by molar-refractivity contribution is 5.85. The maximum absolute atomic E-state index is 11.8. The van der Waals surface area contributed by atoms with Crippen LogP contribution in [0, 0.1) is 11.3 Å². The van der Waals surface area contributed by atoms with Crippen molar-refractivity contribution in [2.45, 2.75) is 6.61 Å². The molecule has 0 atom stereocenters. The molecule has 24 heavy (non-hydrogen) atoms. The summed E-state index contributed by atoms with van der Waals surface area (Å²) in [6.45, 7) is -0.432. The van der Waals surface area contributed by atoms with Crippen LogP contribution in [0.25, 0.3) is 0 Å². The van der Waals surface area contributed by atoms with Crippen molar-refractivity contribution in [3.05, 3.63) is 59.7 Å². The number of carbonyl (C=O) groups excluding carboxylic acids is 1. The first kappa shape index (κ1) is 16.8. The zero-order valence-electron chi connectivity index (χ0n) is 12.6. The number of hydrogen-bond acceptors (Lipinski definition) is 5. The summed E-state index contributed by atoms with van der Waals surface area (Å²) in [5.41, 5.74) is 1.30. The Morgan fingerprint density at radius 3 is 2.58 bits per heavy atom. The van der Waals surface area contributed by atoms with Gasteiger partial charge in [-0.25, -0.2) is 9.59 Å². The van der Waals surface area contributed by atoms with Gasteiger partial charge in [-0.1, -0.05) is 30.3 Å². The molecule has 7 nitrogen and oxygen atoms in total. The summed E-state index contributed by atoms with van der Waals surface area (Å²) in [6.07, 6.45) is -0.665. The van der Waals surface area contributed by atoms with Crippen molar-refractivity contribution in [1.82, 2.24) is 0 Å². The molecule has 122 valence electrons. The number of carbonyl (C=O) groups is 2. The number of anilines is 1. The van der Waals surface area contributed by atoms with E-state index in [-0.39, 0.29) is 17.9 Å². The first-order chi connectivity index (χ1) is 11.6. The van der Waals surface area contributed by atoms with Crippen molar-refractivity contribution in [3.63, 3.8) is 0 Å². The van der Waals surface area contributed by atoms with Crippen LogP contribution in [0.3, 0.4) is 0 Å². The standard InChI is InChI=1S/C17H14N2O5/c18-9-13-8-14(6-7-15(13)23-11-16(20)21)19-17(22)24-10-12-4-2-1-3-5-12/h1-8H,10-11H2,(H,19,22)(H,20,21). The van der Waals surface area contributed by atoms with Crippen LogP contribution in [0.1, 0.15) is 11.1 Å². The third kappa shape index (κ3) is 5.03. The van der Waals surface area contributed by atoms with Crippen LogP contribution in [0.15, 0.2) is 48.5 Å². The molecule has 0 aliphatic heterocycles. The molecule has 0 saturated heterocycles. The van der Waals surface area contributed by atoms with Crippen LogP contribution in [0.5, 0.6) is 5.75 Å². The van der Waals surface area contributed by atoms with Gasteiger partial charge >= 0.3 is 12.1 Å². The number of nitriles is 1. The van der Waals surface area contributed by atoms with Gasteiger partial charge in [-0.3, -0.25) is 5.32 Å². The van der Waals surface area contributed by atoms with Gasteiger partial charge in [0.05, 0.1) is 5.56 Å². The lowest BCUT2D eigenvalue weighted by Gasteiger charge is -2.09. The zero-order chi connectivity index (χ0) is 17.4. The van der Waals surface area contributed by atoms with E-state index >= 15 is 0 Å². The van der Waals surface area contributed by atoms with Gasteiger partial charge in [0.1, 0.15) is 18.4 Å². The molecule has 0 aromatic heterocycles. The lowest BCUT2D eigenvalue weighted by atomic mass is 10.2. The normalized spacial score (nSPS) is 9.62. The highest BCUT2D eigenvalue weighted by Gasteiger charge is 2.09. The Hall–Kier alpha value is -3.53. The van der Waals surface area contributed by atoms with Gasteiger partial charge in [-0.15, -0.1) is 0 Å². The summed E-state index contributed by atoms with van der Waals surface area (Å²) >= 11 is 0. The molecule has 0 heterocycles. The third-order valence-electron chi connectivity index (χ3n) is 2.91. The number of ether oxygens (including phenoxy) is 2. The molecule has 0 bridgehead atoms. The van der Waals surface area contributed by atoms with Gasteiger partial charge in [-0.2, -0.15) is 5.26 Å².